The number of ether oxygens (including phenoxy) is 1. The molecule has 3 rings (SSSR count). The van der Waals surface area contributed by atoms with E-state index in [1.165, 1.54) is 7.11 Å². The Kier molecular flexibility index (Phi) is 7.76. The van der Waals surface area contributed by atoms with Crippen LogP contribution in [0.3, 0.4) is 0 Å². The van der Waals surface area contributed by atoms with Crippen molar-refractivity contribution in [2.24, 2.45) is 0 Å². The van der Waals surface area contributed by atoms with Gasteiger partial charge in [-0.2, -0.15) is 5.26 Å². The highest BCUT2D eigenvalue weighted by Crippen LogP contribution is 2.17. The van der Waals surface area contributed by atoms with Gasteiger partial charge in [0.15, 0.2) is 0 Å². The van der Waals surface area contributed by atoms with Gasteiger partial charge >= 0.3 is 12.0 Å². The van der Waals surface area contributed by atoms with E-state index >= 15 is 0 Å². The molecule has 0 unspecified atom stereocenters. The highest BCUT2D eigenvalue weighted by atomic mass is 16.5. The molecule has 0 aliphatic rings. The van der Waals surface area contributed by atoms with Crippen molar-refractivity contribution >= 4 is 29.3 Å². The van der Waals surface area contributed by atoms with Crippen LogP contribution < -0.4 is 15.8 Å². The van der Waals surface area contributed by atoms with Gasteiger partial charge in [-0.1, -0.05) is 30.3 Å². The lowest BCUT2D eigenvalue weighted by Crippen LogP contribution is -2.48. The standard InChI is InChI=1S/C25H22N4O4/c1-33-23(30)16-11-18-7-12-21(13-8-18)27-25(32)29(22-14-9-19(17-26)10-15-22)28-24(31)20-5-3-2-4-6-20/h2-10,12-15H,11,16H2,1H3,(H,27,32)(H,28,31). The summed E-state index contributed by atoms with van der Waals surface area (Å²) in [6.45, 7) is 0. The van der Waals surface area contributed by atoms with Gasteiger partial charge in [0.2, 0.25) is 0 Å². The van der Waals surface area contributed by atoms with Crippen molar-refractivity contribution in [3.8, 4) is 6.07 Å². The Morgan fingerprint density at radius 2 is 1.61 bits per heavy atom. The molecule has 33 heavy (non-hydrogen) atoms. The number of anilines is 2. The summed E-state index contributed by atoms with van der Waals surface area (Å²) >= 11 is 0. The number of carbonyl (C=O) groups is 3. The fraction of sp³-hybridized carbons (Fsp3) is 0.120. The number of nitriles is 1. The lowest BCUT2D eigenvalue weighted by atomic mass is 10.1. The number of aryl methyl sites for hydroxylation is 1. The molecule has 0 aromatic heterocycles. The van der Waals surface area contributed by atoms with Crippen molar-refractivity contribution < 1.29 is 19.1 Å². The van der Waals surface area contributed by atoms with Crippen molar-refractivity contribution in [1.82, 2.24) is 5.43 Å². The number of nitrogens with zero attached hydrogens (tertiary/aromatic N) is 2. The number of urea groups is 1. The second-order valence-corrected chi connectivity index (χ2v) is 7.00. The fourth-order valence-corrected chi connectivity index (χ4v) is 2.96. The summed E-state index contributed by atoms with van der Waals surface area (Å²) in [5.41, 5.74) is 5.23. The molecular weight excluding hydrogens is 420 g/mol. The van der Waals surface area contributed by atoms with Crippen LogP contribution in [0.4, 0.5) is 16.2 Å². The largest absolute Gasteiger partial charge is 0.469 e. The van der Waals surface area contributed by atoms with Crippen LogP contribution in [0.15, 0.2) is 78.9 Å². The number of nitrogens with one attached hydrogen (secondary N) is 2. The number of benzene rings is 3. The van der Waals surface area contributed by atoms with Crippen LogP contribution in [0.2, 0.25) is 0 Å². The number of carbonyl (C=O) groups excluding carboxylic acids is 3. The predicted molar refractivity (Wildman–Crippen MR) is 123 cm³/mol. The molecular formula is C25H22N4O4. The Hall–Kier alpha value is -4.64. The van der Waals surface area contributed by atoms with Gasteiger partial charge in [0.1, 0.15) is 0 Å². The molecule has 0 spiro atoms. The van der Waals surface area contributed by atoms with Crippen LogP contribution in [-0.2, 0) is 16.0 Å². The van der Waals surface area contributed by atoms with Crippen molar-refractivity contribution in [3.63, 3.8) is 0 Å². The first-order valence-electron chi connectivity index (χ1n) is 10.1. The van der Waals surface area contributed by atoms with E-state index < -0.39 is 11.9 Å². The van der Waals surface area contributed by atoms with Gasteiger partial charge in [-0.05, 0) is 60.5 Å². The third-order valence-electron chi connectivity index (χ3n) is 4.76. The Morgan fingerprint density at radius 1 is 0.939 bits per heavy atom. The maximum Gasteiger partial charge on any atom is 0.345 e. The molecule has 0 fully saturated rings. The van der Waals surface area contributed by atoms with Crippen LogP contribution in [0.1, 0.15) is 27.9 Å². The average Bonchev–Trinajstić information content (AvgIpc) is 2.87. The minimum atomic E-state index is -0.591. The molecule has 0 aliphatic carbocycles. The zero-order valence-electron chi connectivity index (χ0n) is 17.9. The van der Waals surface area contributed by atoms with Crippen LogP contribution in [-0.4, -0.2) is 25.0 Å². The average molecular weight is 442 g/mol. The summed E-state index contributed by atoms with van der Waals surface area (Å²) < 4.78 is 4.64. The number of hydrazine groups is 1. The summed E-state index contributed by atoms with van der Waals surface area (Å²) in [7, 11) is 1.34. The molecule has 8 nitrogen and oxygen atoms in total. The Bertz CT molecular complexity index is 1150. The summed E-state index contributed by atoms with van der Waals surface area (Å²) in [5, 5.41) is 12.9. The third-order valence-corrected chi connectivity index (χ3v) is 4.76. The smallest absolute Gasteiger partial charge is 0.345 e. The highest BCUT2D eigenvalue weighted by Gasteiger charge is 2.20. The third kappa shape index (κ3) is 6.42. The number of hydrogen-bond donors (Lipinski definition) is 2. The first-order valence-corrected chi connectivity index (χ1v) is 10.1. The van der Waals surface area contributed by atoms with E-state index in [0.29, 0.717) is 28.9 Å². The number of amides is 3. The van der Waals surface area contributed by atoms with Gasteiger partial charge in [-0.25, -0.2) is 9.80 Å². The van der Waals surface area contributed by atoms with Gasteiger partial charge in [-0.3, -0.25) is 15.0 Å². The number of methoxy groups -OCH3 is 1. The first-order chi connectivity index (χ1) is 16.0. The quantitative estimate of drug-likeness (QED) is 0.442. The Labute approximate surface area is 191 Å². The van der Waals surface area contributed by atoms with Crippen molar-refractivity contribution in [2.75, 3.05) is 17.4 Å². The normalized spacial score (nSPS) is 9.94. The molecule has 166 valence electrons. The fourth-order valence-electron chi connectivity index (χ4n) is 2.96. The maximum absolute atomic E-state index is 13.0. The van der Waals surface area contributed by atoms with Crippen LogP contribution in [0, 0.1) is 11.3 Å². The summed E-state index contributed by atoms with van der Waals surface area (Å²) in [5.74, 6) is -0.757. The van der Waals surface area contributed by atoms with E-state index in [0.717, 1.165) is 10.6 Å². The SMILES string of the molecule is COC(=O)CCc1ccc(NC(=O)N(NC(=O)c2ccccc2)c2ccc(C#N)cc2)cc1. The molecule has 0 saturated carbocycles. The van der Waals surface area contributed by atoms with Crippen molar-refractivity contribution in [3.05, 3.63) is 95.6 Å². The molecule has 2 N–H and O–H groups in total. The maximum atomic E-state index is 13.0. The van der Waals surface area contributed by atoms with E-state index in [1.54, 1.807) is 78.9 Å². The Morgan fingerprint density at radius 3 is 2.21 bits per heavy atom. The molecule has 3 amide bonds. The molecule has 8 heteroatoms. The van der Waals surface area contributed by atoms with E-state index in [-0.39, 0.29) is 12.4 Å². The van der Waals surface area contributed by atoms with Crippen LogP contribution in [0.5, 0.6) is 0 Å². The van der Waals surface area contributed by atoms with Crippen LogP contribution in [0.25, 0.3) is 0 Å². The second kappa shape index (κ2) is 11.1. The van der Waals surface area contributed by atoms with Gasteiger partial charge in [-0.15, -0.1) is 0 Å². The minimum absolute atomic E-state index is 0.264. The molecule has 3 aromatic rings. The zero-order valence-corrected chi connectivity index (χ0v) is 17.9. The molecule has 0 aliphatic heterocycles. The molecule has 0 bridgehead atoms. The number of esters is 1. The van der Waals surface area contributed by atoms with Gasteiger partial charge < -0.3 is 10.1 Å². The van der Waals surface area contributed by atoms with Gasteiger partial charge in [0, 0.05) is 17.7 Å². The molecule has 3 aromatic carbocycles. The summed E-state index contributed by atoms with van der Waals surface area (Å²) in [4.78, 5) is 37.0. The lowest BCUT2D eigenvalue weighted by Gasteiger charge is -2.24. The number of rotatable bonds is 6. The van der Waals surface area contributed by atoms with E-state index in [1.807, 2.05) is 6.07 Å². The minimum Gasteiger partial charge on any atom is -0.469 e. The molecule has 0 atom stereocenters. The van der Waals surface area contributed by atoms with Crippen LogP contribution >= 0.6 is 0 Å². The highest BCUT2D eigenvalue weighted by molar-refractivity contribution is 6.05. The van der Waals surface area contributed by atoms with Gasteiger partial charge in [0.05, 0.1) is 24.4 Å². The van der Waals surface area contributed by atoms with E-state index in [9.17, 15) is 14.4 Å². The summed E-state index contributed by atoms with van der Waals surface area (Å²) in [6, 6.07) is 23.2. The predicted octanol–water partition coefficient (Wildman–Crippen LogP) is 4.05. The van der Waals surface area contributed by atoms with E-state index in [2.05, 4.69) is 15.5 Å². The Balaban J connectivity index is 1.76. The van der Waals surface area contributed by atoms with Crippen molar-refractivity contribution in [2.45, 2.75) is 12.8 Å². The zero-order chi connectivity index (χ0) is 23.6. The van der Waals surface area contributed by atoms with Gasteiger partial charge in [0.25, 0.3) is 5.91 Å². The second-order valence-electron chi connectivity index (χ2n) is 7.00. The molecule has 0 saturated heterocycles. The first kappa shape index (κ1) is 23.0. The van der Waals surface area contributed by atoms with E-state index in [4.69, 9.17) is 5.26 Å². The number of hydrogen-bond acceptors (Lipinski definition) is 5. The monoisotopic (exact) mass is 442 g/mol. The van der Waals surface area contributed by atoms with Crippen molar-refractivity contribution in [1.29, 1.82) is 5.26 Å². The molecule has 0 heterocycles. The summed E-state index contributed by atoms with van der Waals surface area (Å²) in [6.07, 6.45) is 0.783. The lowest BCUT2D eigenvalue weighted by molar-refractivity contribution is -0.140. The molecule has 0 radical (unpaired) electrons. The topological polar surface area (TPSA) is 112 Å².